The fraction of sp³-hybridized carbons (Fsp3) is 0.294. The Morgan fingerprint density at radius 3 is 2.70 bits per heavy atom. The number of carbonyl (C=O) groups is 2. The van der Waals surface area contributed by atoms with Crippen LogP contribution in [0.25, 0.3) is 0 Å². The zero-order valence-electron chi connectivity index (χ0n) is 13.4. The normalized spacial score (nSPS) is 11.6. The van der Waals surface area contributed by atoms with E-state index in [2.05, 4.69) is 5.32 Å². The van der Waals surface area contributed by atoms with Crippen molar-refractivity contribution in [3.05, 3.63) is 54.0 Å². The van der Waals surface area contributed by atoms with Gasteiger partial charge in [-0.1, -0.05) is 6.07 Å². The molecule has 6 heteroatoms. The maximum Gasteiger partial charge on any atom is 0.338 e. The third-order valence-electron chi connectivity index (χ3n) is 3.27. The number of rotatable bonds is 6. The summed E-state index contributed by atoms with van der Waals surface area (Å²) in [6.07, 6.45) is 0.642. The smallest absolute Gasteiger partial charge is 0.338 e. The second-order valence-electron chi connectivity index (χ2n) is 5.29. The predicted molar refractivity (Wildman–Crippen MR) is 86.2 cm³/mol. The summed E-state index contributed by atoms with van der Waals surface area (Å²) in [6, 6.07) is 10.5. The van der Waals surface area contributed by atoms with Gasteiger partial charge in [-0.3, -0.25) is 4.79 Å². The van der Waals surface area contributed by atoms with E-state index >= 15 is 0 Å². The fourth-order valence-corrected chi connectivity index (χ4v) is 1.92. The molecule has 1 aromatic carbocycles. The van der Waals surface area contributed by atoms with E-state index in [9.17, 15) is 9.59 Å². The fourth-order valence-electron chi connectivity index (χ4n) is 1.92. The lowest BCUT2D eigenvalue weighted by molar-refractivity contribution is -0.129. The Morgan fingerprint density at radius 2 is 2.04 bits per heavy atom. The van der Waals surface area contributed by atoms with Crippen LogP contribution in [-0.4, -0.2) is 32.1 Å². The van der Waals surface area contributed by atoms with Gasteiger partial charge in [-0.25, -0.2) is 4.79 Å². The maximum absolute atomic E-state index is 12.1. The van der Waals surface area contributed by atoms with E-state index < -0.39 is 12.1 Å². The van der Waals surface area contributed by atoms with Gasteiger partial charge in [-0.15, -0.1) is 0 Å². The van der Waals surface area contributed by atoms with Gasteiger partial charge in [0.25, 0.3) is 5.91 Å². The van der Waals surface area contributed by atoms with E-state index in [4.69, 9.17) is 9.15 Å². The summed E-state index contributed by atoms with van der Waals surface area (Å²) >= 11 is 0. The molecule has 0 unspecified atom stereocenters. The number of hydrogen-bond acceptors (Lipinski definition) is 5. The number of nitrogens with zero attached hydrogens (tertiary/aromatic N) is 1. The molecule has 0 aliphatic heterocycles. The van der Waals surface area contributed by atoms with Gasteiger partial charge in [-0.05, 0) is 37.3 Å². The summed E-state index contributed by atoms with van der Waals surface area (Å²) in [5, 5.41) is 2.65. The molecule has 122 valence electrons. The Hall–Kier alpha value is -2.76. The molecule has 2 aromatic rings. The molecule has 1 N–H and O–H groups in total. The first-order valence-electron chi connectivity index (χ1n) is 7.26. The maximum atomic E-state index is 12.1. The average molecular weight is 316 g/mol. The van der Waals surface area contributed by atoms with Gasteiger partial charge in [0.15, 0.2) is 6.10 Å². The van der Waals surface area contributed by atoms with E-state index in [0.29, 0.717) is 11.3 Å². The van der Waals surface area contributed by atoms with Crippen molar-refractivity contribution >= 4 is 17.6 Å². The van der Waals surface area contributed by atoms with Gasteiger partial charge in [-0.2, -0.15) is 0 Å². The number of hydrogen-bond donors (Lipinski definition) is 1. The van der Waals surface area contributed by atoms with E-state index in [-0.39, 0.29) is 12.5 Å². The van der Waals surface area contributed by atoms with Crippen molar-refractivity contribution in [2.75, 3.05) is 19.0 Å². The number of anilines is 1. The first-order chi connectivity index (χ1) is 11.0. The molecule has 0 fully saturated rings. The van der Waals surface area contributed by atoms with Crippen LogP contribution in [0.15, 0.2) is 47.1 Å². The van der Waals surface area contributed by atoms with Gasteiger partial charge in [0.05, 0.1) is 18.4 Å². The minimum atomic E-state index is -0.888. The van der Waals surface area contributed by atoms with E-state index in [1.54, 1.807) is 30.3 Å². The van der Waals surface area contributed by atoms with Crippen LogP contribution in [0.1, 0.15) is 23.0 Å². The minimum absolute atomic E-state index is 0.254. The molecule has 0 bridgehead atoms. The standard InChI is InChI=1S/C17H20N2O4/c1-12(16(20)18-11-15-8-5-9-22-15)23-17(21)13-6-4-7-14(10-13)19(2)3/h4-10,12H,11H2,1-3H3,(H,18,20)/t12-/m0/s1. The Morgan fingerprint density at radius 1 is 1.26 bits per heavy atom. The van der Waals surface area contributed by atoms with Crippen molar-refractivity contribution in [3.63, 3.8) is 0 Å². The van der Waals surface area contributed by atoms with Gasteiger partial charge < -0.3 is 19.4 Å². The van der Waals surface area contributed by atoms with Crippen LogP contribution < -0.4 is 10.2 Å². The van der Waals surface area contributed by atoms with Crippen LogP contribution in [0.3, 0.4) is 0 Å². The second-order valence-corrected chi connectivity index (χ2v) is 5.29. The lowest BCUT2D eigenvalue weighted by atomic mass is 10.2. The second kappa shape index (κ2) is 7.49. The molecule has 0 aliphatic rings. The lowest BCUT2D eigenvalue weighted by Gasteiger charge is -2.15. The van der Waals surface area contributed by atoms with E-state index in [1.807, 2.05) is 25.1 Å². The molecule has 1 heterocycles. The number of nitrogens with one attached hydrogen (secondary N) is 1. The third kappa shape index (κ3) is 4.60. The summed E-state index contributed by atoms with van der Waals surface area (Å²) < 4.78 is 10.3. The van der Waals surface area contributed by atoms with Crippen molar-refractivity contribution in [1.29, 1.82) is 0 Å². The molecule has 1 atom stereocenters. The molecular formula is C17H20N2O4. The first-order valence-corrected chi connectivity index (χ1v) is 7.26. The number of furan rings is 1. The molecule has 0 aliphatic carbocycles. The highest BCUT2D eigenvalue weighted by Crippen LogP contribution is 2.14. The quantitative estimate of drug-likeness (QED) is 0.827. The van der Waals surface area contributed by atoms with Crippen LogP contribution in [0.2, 0.25) is 0 Å². The van der Waals surface area contributed by atoms with Gasteiger partial charge in [0, 0.05) is 19.8 Å². The number of ether oxygens (including phenoxy) is 1. The molecule has 0 spiro atoms. The Balaban J connectivity index is 1.91. The number of esters is 1. The van der Waals surface area contributed by atoms with Crippen molar-refractivity contribution in [2.24, 2.45) is 0 Å². The first kappa shape index (κ1) is 16.6. The van der Waals surface area contributed by atoms with Crippen molar-refractivity contribution in [2.45, 2.75) is 19.6 Å². The summed E-state index contributed by atoms with van der Waals surface area (Å²) in [5.74, 6) is -0.275. The van der Waals surface area contributed by atoms with E-state index in [0.717, 1.165) is 5.69 Å². The summed E-state index contributed by atoms with van der Waals surface area (Å²) in [4.78, 5) is 26.0. The predicted octanol–water partition coefficient (Wildman–Crippen LogP) is 2.21. The molecule has 1 amide bonds. The zero-order chi connectivity index (χ0) is 16.8. The number of carbonyl (C=O) groups excluding carboxylic acids is 2. The number of amides is 1. The Bertz CT molecular complexity index is 665. The zero-order valence-corrected chi connectivity index (χ0v) is 13.4. The third-order valence-corrected chi connectivity index (χ3v) is 3.27. The van der Waals surface area contributed by atoms with Crippen LogP contribution in [0.4, 0.5) is 5.69 Å². The van der Waals surface area contributed by atoms with Crippen LogP contribution in [0, 0.1) is 0 Å². The topological polar surface area (TPSA) is 71.8 Å². The summed E-state index contributed by atoms with van der Waals surface area (Å²) in [5.41, 5.74) is 1.29. The molecule has 0 saturated heterocycles. The average Bonchev–Trinajstić information content (AvgIpc) is 3.06. The molecular weight excluding hydrogens is 296 g/mol. The largest absolute Gasteiger partial charge is 0.467 e. The Kier molecular flexibility index (Phi) is 5.41. The molecule has 23 heavy (non-hydrogen) atoms. The molecule has 2 rings (SSSR count). The highest BCUT2D eigenvalue weighted by Gasteiger charge is 2.19. The lowest BCUT2D eigenvalue weighted by Crippen LogP contribution is -2.35. The summed E-state index contributed by atoms with van der Waals surface area (Å²) in [6.45, 7) is 1.79. The number of benzene rings is 1. The highest BCUT2D eigenvalue weighted by molar-refractivity contribution is 5.93. The minimum Gasteiger partial charge on any atom is -0.467 e. The summed E-state index contributed by atoms with van der Waals surface area (Å²) in [7, 11) is 3.77. The monoisotopic (exact) mass is 316 g/mol. The molecule has 6 nitrogen and oxygen atoms in total. The highest BCUT2D eigenvalue weighted by atomic mass is 16.5. The van der Waals surface area contributed by atoms with Crippen LogP contribution in [-0.2, 0) is 16.1 Å². The van der Waals surface area contributed by atoms with Crippen molar-refractivity contribution in [3.8, 4) is 0 Å². The van der Waals surface area contributed by atoms with Gasteiger partial charge in [0.1, 0.15) is 5.76 Å². The van der Waals surface area contributed by atoms with Crippen molar-refractivity contribution < 1.29 is 18.7 Å². The Labute approximate surface area is 135 Å². The van der Waals surface area contributed by atoms with Crippen LogP contribution in [0.5, 0.6) is 0 Å². The van der Waals surface area contributed by atoms with Gasteiger partial charge >= 0.3 is 5.97 Å². The van der Waals surface area contributed by atoms with Crippen molar-refractivity contribution in [1.82, 2.24) is 5.32 Å². The SMILES string of the molecule is C[C@H](OC(=O)c1cccc(N(C)C)c1)C(=O)NCc1ccco1. The molecule has 1 aromatic heterocycles. The molecule has 0 saturated carbocycles. The van der Waals surface area contributed by atoms with E-state index in [1.165, 1.54) is 13.2 Å². The van der Waals surface area contributed by atoms with Crippen LogP contribution >= 0.6 is 0 Å². The molecule has 0 radical (unpaired) electrons. The van der Waals surface area contributed by atoms with Gasteiger partial charge in [0.2, 0.25) is 0 Å².